The highest BCUT2D eigenvalue weighted by atomic mass is 35.5. The topological polar surface area (TPSA) is 79.9 Å². The molecule has 0 fully saturated rings. The number of methoxy groups -OCH3 is 1. The number of ether oxygens (including phenoxy) is 1. The Morgan fingerprint density at radius 3 is 2.72 bits per heavy atom. The van der Waals surface area contributed by atoms with Gasteiger partial charge in [-0.1, -0.05) is 52.6 Å². The fourth-order valence-electron chi connectivity index (χ4n) is 2.57. The number of carbonyl (C=O) groups is 1. The quantitative estimate of drug-likeness (QED) is 0.450. The number of carbonyl (C=O) groups excluding carboxylic acids is 1. The van der Waals surface area contributed by atoms with Crippen LogP contribution in [0.3, 0.4) is 0 Å². The predicted octanol–water partition coefficient (Wildman–Crippen LogP) is 5.41. The lowest BCUT2D eigenvalue weighted by molar-refractivity contribution is -0.119. The summed E-state index contributed by atoms with van der Waals surface area (Å²) in [4.78, 5) is 16.7. The molecule has 0 bridgehead atoms. The van der Waals surface area contributed by atoms with Crippen LogP contribution >= 0.6 is 46.6 Å². The van der Waals surface area contributed by atoms with Crippen molar-refractivity contribution in [2.24, 2.45) is 0 Å². The molecular weight excluding hydrogens is 455 g/mol. The first-order valence-corrected chi connectivity index (χ1v) is 10.6. The molecule has 1 heterocycles. The van der Waals surface area contributed by atoms with Gasteiger partial charge in [0.05, 0.1) is 34.5 Å². The van der Waals surface area contributed by atoms with Crippen LogP contribution in [0, 0.1) is 0 Å². The first kappa shape index (κ1) is 21.8. The van der Waals surface area contributed by atoms with E-state index in [4.69, 9.17) is 39.5 Å². The monoisotopic (exact) mass is 470 g/mol. The van der Waals surface area contributed by atoms with Crippen molar-refractivity contribution in [3.05, 3.63) is 57.0 Å². The van der Waals surface area contributed by atoms with E-state index < -0.39 is 0 Å². The van der Waals surface area contributed by atoms with E-state index in [1.165, 1.54) is 11.8 Å². The SMILES string of the molecule is COc1ccc(Cl)cc1-c1nc(SCC(=O)NC(C)c2ccc(Cl)c(Cl)c2)n[nH]1. The molecule has 0 saturated heterocycles. The number of hydrogen-bond acceptors (Lipinski definition) is 5. The third-order valence-corrected chi connectivity index (χ3v) is 5.86. The molecule has 1 amide bonds. The molecule has 2 N–H and O–H groups in total. The van der Waals surface area contributed by atoms with Crippen LogP contribution in [0.25, 0.3) is 11.4 Å². The van der Waals surface area contributed by atoms with Crippen LogP contribution in [0.5, 0.6) is 5.75 Å². The Kier molecular flexibility index (Phi) is 7.29. The van der Waals surface area contributed by atoms with Crippen LogP contribution in [-0.2, 0) is 4.79 Å². The van der Waals surface area contributed by atoms with Crippen molar-refractivity contribution < 1.29 is 9.53 Å². The Labute approximate surface area is 187 Å². The lowest BCUT2D eigenvalue weighted by Crippen LogP contribution is -2.28. The number of aromatic nitrogens is 3. The third kappa shape index (κ3) is 5.57. The van der Waals surface area contributed by atoms with E-state index in [1.54, 1.807) is 37.4 Å². The molecule has 3 aromatic rings. The van der Waals surface area contributed by atoms with E-state index in [0.717, 1.165) is 5.56 Å². The van der Waals surface area contributed by atoms with Gasteiger partial charge in [-0.15, -0.1) is 5.10 Å². The van der Waals surface area contributed by atoms with E-state index in [-0.39, 0.29) is 17.7 Å². The Balaban J connectivity index is 1.60. The number of aromatic amines is 1. The summed E-state index contributed by atoms with van der Waals surface area (Å²) in [5, 5.41) is 11.8. The van der Waals surface area contributed by atoms with Gasteiger partial charge in [0.1, 0.15) is 5.75 Å². The lowest BCUT2D eigenvalue weighted by Gasteiger charge is -2.14. The van der Waals surface area contributed by atoms with Gasteiger partial charge < -0.3 is 10.1 Å². The summed E-state index contributed by atoms with van der Waals surface area (Å²) in [5.74, 6) is 1.14. The van der Waals surface area contributed by atoms with Gasteiger partial charge in [-0.25, -0.2) is 4.98 Å². The minimum atomic E-state index is -0.212. The van der Waals surface area contributed by atoms with Crippen LogP contribution in [0.2, 0.25) is 15.1 Å². The fourth-order valence-corrected chi connectivity index (χ4v) is 3.66. The van der Waals surface area contributed by atoms with Gasteiger partial charge in [0.25, 0.3) is 0 Å². The summed E-state index contributed by atoms with van der Waals surface area (Å²) < 4.78 is 5.33. The maximum atomic E-state index is 12.3. The maximum absolute atomic E-state index is 12.3. The Morgan fingerprint density at radius 2 is 2.00 bits per heavy atom. The zero-order valence-corrected chi connectivity index (χ0v) is 18.6. The molecule has 6 nitrogen and oxygen atoms in total. The molecule has 1 aromatic heterocycles. The molecule has 0 spiro atoms. The molecule has 152 valence electrons. The second-order valence-electron chi connectivity index (χ2n) is 6.06. The number of nitrogens with one attached hydrogen (secondary N) is 2. The minimum absolute atomic E-state index is 0.153. The number of benzene rings is 2. The van der Waals surface area contributed by atoms with Crippen LogP contribution in [0.1, 0.15) is 18.5 Å². The van der Waals surface area contributed by atoms with Crippen LogP contribution in [-0.4, -0.2) is 34.0 Å². The zero-order valence-electron chi connectivity index (χ0n) is 15.5. The van der Waals surface area contributed by atoms with Crippen molar-refractivity contribution in [1.82, 2.24) is 20.5 Å². The summed E-state index contributed by atoms with van der Waals surface area (Å²) in [6.45, 7) is 1.87. The van der Waals surface area contributed by atoms with E-state index >= 15 is 0 Å². The van der Waals surface area contributed by atoms with Crippen LogP contribution in [0.15, 0.2) is 41.6 Å². The normalized spacial score (nSPS) is 11.9. The number of halogens is 3. The molecule has 2 aromatic carbocycles. The molecule has 0 aliphatic heterocycles. The predicted molar refractivity (Wildman–Crippen MR) is 117 cm³/mol. The second-order valence-corrected chi connectivity index (χ2v) is 8.26. The molecule has 0 radical (unpaired) electrons. The minimum Gasteiger partial charge on any atom is -0.496 e. The highest BCUT2D eigenvalue weighted by molar-refractivity contribution is 7.99. The number of amides is 1. The number of thioether (sulfide) groups is 1. The largest absolute Gasteiger partial charge is 0.496 e. The van der Waals surface area contributed by atoms with Gasteiger partial charge in [0, 0.05) is 5.02 Å². The summed E-state index contributed by atoms with van der Waals surface area (Å²) >= 11 is 19.2. The number of rotatable bonds is 7. The fraction of sp³-hybridized carbons (Fsp3) is 0.211. The standard InChI is InChI=1S/C19H17Cl3N4O2S/c1-10(11-3-5-14(21)15(22)7-11)23-17(27)9-29-19-24-18(25-26-19)13-8-12(20)4-6-16(13)28-2/h3-8,10H,9H2,1-2H3,(H,23,27)(H,24,25,26). The van der Waals surface area contributed by atoms with Crippen molar-refractivity contribution >= 4 is 52.5 Å². The first-order valence-electron chi connectivity index (χ1n) is 8.50. The molecule has 0 aliphatic carbocycles. The maximum Gasteiger partial charge on any atom is 0.230 e. The third-order valence-electron chi connectivity index (χ3n) is 4.04. The highest BCUT2D eigenvalue weighted by Crippen LogP contribution is 2.31. The zero-order chi connectivity index (χ0) is 21.0. The van der Waals surface area contributed by atoms with Gasteiger partial charge in [0.2, 0.25) is 11.1 Å². The highest BCUT2D eigenvalue weighted by Gasteiger charge is 2.15. The van der Waals surface area contributed by atoms with Crippen LogP contribution < -0.4 is 10.1 Å². The summed E-state index contributed by atoms with van der Waals surface area (Å²) in [6.07, 6.45) is 0. The molecule has 0 saturated carbocycles. The van der Waals surface area contributed by atoms with Gasteiger partial charge in [0.15, 0.2) is 5.82 Å². The van der Waals surface area contributed by atoms with E-state index in [0.29, 0.717) is 37.4 Å². The molecule has 29 heavy (non-hydrogen) atoms. The smallest absolute Gasteiger partial charge is 0.230 e. The van der Waals surface area contributed by atoms with Crippen molar-refractivity contribution in [2.45, 2.75) is 18.1 Å². The van der Waals surface area contributed by atoms with Gasteiger partial charge in [-0.05, 0) is 42.8 Å². The van der Waals surface area contributed by atoms with Crippen LogP contribution in [0.4, 0.5) is 0 Å². The van der Waals surface area contributed by atoms with E-state index in [9.17, 15) is 4.79 Å². The Morgan fingerprint density at radius 1 is 1.21 bits per heavy atom. The first-order chi connectivity index (χ1) is 13.9. The van der Waals surface area contributed by atoms with Crippen molar-refractivity contribution in [3.63, 3.8) is 0 Å². The van der Waals surface area contributed by atoms with Gasteiger partial charge in [-0.3, -0.25) is 9.89 Å². The molecule has 1 unspecified atom stereocenters. The van der Waals surface area contributed by atoms with Crippen molar-refractivity contribution in [3.8, 4) is 17.1 Å². The second kappa shape index (κ2) is 9.71. The molecule has 0 aliphatic rings. The molecule has 1 atom stereocenters. The van der Waals surface area contributed by atoms with Crippen molar-refractivity contribution in [2.75, 3.05) is 12.9 Å². The summed E-state index contributed by atoms with van der Waals surface area (Å²) in [6, 6.07) is 10.3. The lowest BCUT2D eigenvalue weighted by atomic mass is 10.1. The summed E-state index contributed by atoms with van der Waals surface area (Å²) in [7, 11) is 1.57. The average Bonchev–Trinajstić information content (AvgIpc) is 3.17. The number of nitrogens with zero attached hydrogens (tertiary/aromatic N) is 2. The molecular formula is C19H17Cl3N4O2S. The molecule has 3 rings (SSSR count). The summed E-state index contributed by atoms with van der Waals surface area (Å²) in [5.41, 5.74) is 1.56. The average molecular weight is 472 g/mol. The van der Waals surface area contributed by atoms with E-state index in [2.05, 4.69) is 20.5 Å². The van der Waals surface area contributed by atoms with Gasteiger partial charge in [-0.2, -0.15) is 0 Å². The number of H-pyrrole nitrogens is 1. The van der Waals surface area contributed by atoms with Gasteiger partial charge >= 0.3 is 0 Å². The Bertz CT molecular complexity index is 1030. The molecule has 10 heteroatoms. The van der Waals surface area contributed by atoms with Crippen molar-refractivity contribution in [1.29, 1.82) is 0 Å². The Hall–Kier alpha value is -1.93. The van der Waals surface area contributed by atoms with E-state index in [1.807, 2.05) is 13.0 Å². The number of hydrogen-bond donors (Lipinski definition) is 2.